The number of aromatic nitrogens is 1. The molecule has 5 nitrogen and oxygen atoms in total. The van der Waals surface area contributed by atoms with Crippen molar-refractivity contribution in [1.29, 1.82) is 0 Å². The van der Waals surface area contributed by atoms with Gasteiger partial charge in [-0.2, -0.15) is 13.2 Å². The maximum Gasteiger partial charge on any atom is 0.417 e. The van der Waals surface area contributed by atoms with E-state index in [0.29, 0.717) is 18.9 Å². The fourth-order valence-electron chi connectivity index (χ4n) is 2.75. The number of rotatable bonds is 2. The summed E-state index contributed by atoms with van der Waals surface area (Å²) < 4.78 is 38.1. The smallest absolute Gasteiger partial charge is 0.353 e. The average molecular weight is 365 g/mol. The Hall–Kier alpha value is -1.70. The molecule has 2 rings (SSSR count). The Bertz CT molecular complexity index is 609. The van der Waals surface area contributed by atoms with Gasteiger partial charge in [0.15, 0.2) is 0 Å². The predicted molar refractivity (Wildman–Crippen MR) is 86.3 cm³/mol. The molecule has 1 aliphatic heterocycles. The number of hydrogen-bond acceptors (Lipinski definition) is 3. The molecule has 1 aromatic heterocycles. The summed E-state index contributed by atoms with van der Waals surface area (Å²) in [5.74, 6) is 0.320. The van der Waals surface area contributed by atoms with Crippen LogP contribution in [-0.2, 0) is 6.18 Å². The summed E-state index contributed by atoms with van der Waals surface area (Å²) in [6.45, 7) is 1.12. The maximum absolute atomic E-state index is 12.7. The van der Waals surface area contributed by atoms with Gasteiger partial charge in [0.05, 0.1) is 16.6 Å². The molecule has 2 amide bonds. The Morgan fingerprint density at radius 2 is 2.04 bits per heavy atom. The van der Waals surface area contributed by atoms with Crippen molar-refractivity contribution < 1.29 is 18.0 Å². The molecule has 1 fully saturated rings. The molecule has 24 heavy (non-hydrogen) atoms. The third-order valence-corrected chi connectivity index (χ3v) is 4.36. The van der Waals surface area contributed by atoms with Crippen molar-refractivity contribution in [2.75, 3.05) is 39.1 Å². The summed E-state index contributed by atoms with van der Waals surface area (Å²) in [6, 6.07) is 0.726. The number of anilines is 1. The summed E-state index contributed by atoms with van der Waals surface area (Å²) in [7, 11) is 5.07. The van der Waals surface area contributed by atoms with E-state index < -0.39 is 11.7 Å². The minimum absolute atomic E-state index is 0.0351. The molecule has 1 aromatic rings. The number of piperidine rings is 1. The summed E-state index contributed by atoms with van der Waals surface area (Å²) in [4.78, 5) is 20.9. The first kappa shape index (κ1) is 18.6. The molecular formula is C15H20ClF3N4O. The van der Waals surface area contributed by atoms with Crippen LogP contribution in [0.25, 0.3) is 0 Å². The minimum Gasteiger partial charge on any atom is -0.353 e. The Balaban J connectivity index is 2.16. The molecule has 0 aliphatic carbocycles. The van der Waals surface area contributed by atoms with Crippen LogP contribution in [0, 0.1) is 0 Å². The second-order valence-corrected chi connectivity index (χ2v) is 6.46. The SMILES string of the molecule is CN(C)C(=O)N(C)C1CCCN(c2ncc(C(F)(F)F)cc2Cl)C1. The quantitative estimate of drug-likeness (QED) is 0.808. The Morgan fingerprint density at radius 3 is 2.58 bits per heavy atom. The minimum atomic E-state index is -4.47. The number of amides is 2. The molecule has 1 aliphatic rings. The molecule has 1 unspecified atom stereocenters. The normalized spacial score (nSPS) is 18.5. The summed E-state index contributed by atoms with van der Waals surface area (Å²) in [5, 5.41) is -0.0351. The molecule has 0 spiro atoms. The molecular weight excluding hydrogens is 345 g/mol. The van der Waals surface area contributed by atoms with Crippen molar-refractivity contribution in [2.24, 2.45) is 0 Å². The van der Waals surface area contributed by atoms with Gasteiger partial charge >= 0.3 is 12.2 Å². The van der Waals surface area contributed by atoms with Crippen LogP contribution in [0.5, 0.6) is 0 Å². The zero-order valence-electron chi connectivity index (χ0n) is 13.8. The number of pyridine rings is 1. The lowest BCUT2D eigenvalue weighted by molar-refractivity contribution is -0.137. The van der Waals surface area contributed by atoms with Crippen LogP contribution in [0.1, 0.15) is 18.4 Å². The summed E-state index contributed by atoms with van der Waals surface area (Å²) >= 11 is 6.02. The summed E-state index contributed by atoms with van der Waals surface area (Å²) in [5.41, 5.74) is -0.871. The average Bonchev–Trinajstić information content (AvgIpc) is 2.52. The molecule has 0 aromatic carbocycles. The van der Waals surface area contributed by atoms with Gasteiger partial charge in [-0.15, -0.1) is 0 Å². The van der Waals surface area contributed by atoms with Crippen molar-refractivity contribution in [2.45, 2.75) is 25.1 Å². The third-order valence-electron chi connectivity index (χ3n) is 4.08. The van der Waals surface area contributed by atoms with Gasteiger partial charge in [0.1, 0.15) is 5.82 Å². The lowest BCUT2D eigenvalue weighted by Crippen LogP contribution is -2.51. The van der Waals surface area contributed by atoms with Gasteiger partial charge in [-0.1, -0.05) is 11.6 Å². The lowest BCUT2D eigenvalue weighted by Gasteiger charge is -2.39. The predicted octanol–water partition coefficient (Wildman–Crippen LogP) is 3.34. The second-order valence-electron chi connectivity index (χ2n) is 6.06. The van der Waals surface area contributed by atoms with Gasteiger partial charge in [0.2, 0.25) is 0 Å². The molecule has 9 heteroatoms. The fourth-order valence-corrected chi connectivity index (χ4v) is 3.04. The van der Waals surface area contributed by atoms with Gasteiger partial charge in [0, 0.05) is 40.4 Å². The lowest BCUT2D eigenvalue weighted by atomic mass is 10.0. The Morgan fingerprint density at radius 1 is 1.38 bits per heavy atom. The van der Waals surface area contributed by atoms with Crippen LogP contribution in [0.3, 0.4) is 0 Å². The second kappa shape index (κ2) is 7.04. The highest BCUT2D eigenvalue weighted by Crippen LogP contribution is 2.34. The van der Waals surface area contributed by atoms with E-state index in [1.54, 1.807) is 26.0 Å². The molecule has 0 saturated carbocycles. The van der Waals surface area contributed by atoms with E-state index in [4.69, 9.17) is 11.6 Å². The number of likely N-dealkylation sites (N-methyl/N-ethyl adjacent to an activating group) is 1. The number of hydrogen-bond donors (Lipinski definition) is 0. The number of carbonyl (C=O) groups is 1. The van der Waals surface area contributed by atoms with Gasteiger partial charge in [-0.3, -0.25) is 0 Å². The standard InChI is InChI=1S/C15H20ClF3N4O/c1-21(2)14(24)22(3)11-5-4-6-23(9-11)13-12(16)7-10(8-20-13)15(17,18)19/h7-8,11H,4-6,9H2,1-3H3. The van der Waals surface area contributed by atoms with Crippen LogP contribution < -0.4 is 4.90 Å². The van der Waals surface area contributed by atoms with Gasteiger partial charge < -0.3 is 14.7 Å². The number of nitrogens with zero attached hydrogens (tertiary/aromatic N) is 4. The van der Waals surface area contributed by atoms with E-state index in [1.165, 1.54) is 4.90 Å². The van der Waals surface area contributed by atoms with Crippen molar-refractivity contribution in [3.05, 3.63) is 22.8 Å². The number of urea groups is 1. The molecule has 1 atom stereocenters. The van der Waals surface area contributed by atoms with E-state index in [9.17, 15) is 18.0 Å². The fraction of sp³-hybridized carbons (Fsp3) is 0.600. The monoisotopic (exact) mass is 364 g/mol. The number of alkyl halides is 3. The Labute approximate surface area is 144 Å². The van der Waals surface area contributed by atoms with Crippen LogP contribution in [-0.4, -0.2) is 61.1 Å². The highest BCUT2D eigenvalue weighted by atomic mass is 35.5. The largest absolute Gasteiger partial charge is 0.417 e. The topological polar surface area (TPSA) is 39.7 Å². The molecule has 2 heterocycles. The van der Waals surface area contributed by atoms with E-state index >= 15 is 0 Å². The first-order valence-corrected chi connectivity index (χ1v) is 7.91. The molecule has 0 N–H and O–H groups in total. The first-order chi connectivity index (χ1) is 11.1. The van der Waals surface area contributed by atoms with Gasteiger partial charge in [0.25, 0.3) is 0 Å². The van der Waals surface area contributed by atoms with E-state index in [0.717, 1.165) is 25.1 Å². The van der Waals surface area contributed by atoms with E-state index in [2.05, 4.69) is 4.98 Å². The van der Waals surface area contributed by atoms with E-state index in [1.807, 2.05) is 4.90 Å². The molecule has 0 radical (unpaired) electrons. The summed E-state index contributed by atoms with van der Waals surface area (Å²) in [6.07, 6.45) is -2.06. The van der Waals surface area contributed by atoms with Gasteiger partial charge in [-0.05, 0) is 18.9 Å². The molecule has 134 valence electrons. The van der Waals surface area contributed by atoms with Crippen molar-refractivity contribution in [1.82, 2.24) is 14.8 Å². The van der Waals surface area contributed by atoms with Crippen molar-refractivity contribution in [3.63, 3.8) is 0 Å². The highest BCUT2D eigenvalue weighted by Gasteiger charge is 2.33. The zero-order valence-corrected chi connectivity index (χ0v) is 14.5. The van der Waals surface area contributed by atoms with Gasteiger partial charge in [-0.25, -0.2) is 9.78 Å². The van der Waals surface area contributed by atoms with Crippen LogP contribution >= 0.6 is 11.6 Å². The highest BCUT2D eigenvalue weighted by molar-refractivity contribution is 6.33. The molecule has 1 saturated heterocycles. The van der Waals surface area contributed by atoms with Crippen LogP contribution in [0.4, 0.5) is 23.8 Å². The number of halogens is 4. The zero-order chi connectivity index (χ0) is 18.1. The Kier molecular flexibility index (Phi) is 5.47. The van der Waals surface area contributed by atoms with Crippen molar-refractivity contribution >= 4 is 23.4 Å². The third kappa shape index (κ3) is 4.03. The number of carbonyl (C=O) groups excluding carboxylic acids is 1. The van der Waals surface area contributed by atoms with Crippen molar-refractivity contribution in [3.8, 4) is 0 Å². The molecule has 0 bridgehead atoms. The maximum atomic E-state index is 12.7. The van der Waals surface area contributed by atoms with Crippen LogP contribution in [0.15, 0.2) is 12.3 Å². The first-order valence-electron chi connectivity index (χ1n) is 7.53. The van der Waals surface area contributed by atoms with E-state index in [-0.39, 0.29) is 17.1 Å². The van der Waals surface area contributed by atoms with Crippen LogP contribution in [0.2, 0.25) is 5.02 Å².